The van der Waals surface area contributed by atoms with Crippen LogP contribution in [0.2, 0.25) is 0 Å². The minimum absolute atomic E-state index is 0.253. The maximum absolute atomic E-state index is 12.8. The van der Waals surface area contributed by atoms with Crippen LogP contribution in [0.4, 0.5) is 4.39 Å². The summed E-state index contributed by atoms with van der Waals surface area (Å²) in [7, 11) is 0. The van der Waals surface area contributed by atoms with Crippen LogP contribution in [0.5, 0.6) is 0 Å². The minimum Gasteiger partial charge on any atom is -0.298 e. The lowest BCUT2D eigenvalue weighted by Gasteiger charge is -2.04. The van der Waals surface area contributed by atoms with Crippen LogP contribution in [-0.4, -0.2) is 11.3 Å². The molecular weight excluding hydrogens is 205 g/mol. The fourth-order valence-electron chi connectivity index (χ4n) is 1.39. The van der Waals surface area contributed by atoms with Crippen molar-refractivity contribution in [3.63, 3.8) is 0 Å². The Kier molecular flexibility index (Phi) is 4.58. The number of halogens is 1. The van der Waals surface area contributed by atoms with Crippen LogP contribution in [0.1, 0.15) is 29.9 Å². The van der Waals surface area contributed by atoms with Gasteiger partial charge in [-0.2, -0.15) is 0 Å². The van der Waals surface area contributed by atoms with Crippen molar-refractivity contribution in [2.24, 2.45) is 0 Å². The highest BCUT2D eigenvalue weighted by Gasteiger charge is 2.04. The molecule has 0 bridgehead atoms. The fourth-order valence-corrected chi connectivity index (χ4v) is 1.39. The average molecular weight is 219 g/mol. The summed E-state index contributed by atoms with van der Waals surface area (Å²) in [5.41, 5.74) is 2.02. The average Bonchev–Trinajstić information content (AvgIpc) is 2.28. The van der Waals surface area contributed by atoms with E-state index in [0.29, 0.717) is 17.7 Å². The van der Waals surface area contributed by atoms with Crippen molar-refractivity contribution in [1.82, 2.24) is 4.98 Å². The molecular formula is C13H14FNO. The summed E-state index contributed by atoms with van der Waals surface area (Å²) in [5.74, 6) is -0.253. The highest BCUT2D eigenvalue weighted by atomic mass is 19.1. The molecule has 0 aliphatic rings. The van der Waals surface area contributed by atoms with Gasteiger partial charge in [-0.05, 0) is 37.6 Å². The summed E-state index contributed by atoms with van der Waals surface area (Å²) in [6.45, 7) is 3.22. The van der Waals surface area contributed by atoms with Gasteiger partial charge in [-0.3, -0.25) is 9.78 Å². The van der Waals surface area contributed by atoms with Crippen LogP contribution in [0, 0.1) is 0 Å². The number of aromatic nitrogens is 1. The van der Waals surface area contributed by atoms with Gasteiger partial charge in [0.1, 0.15) is 0 Å². The van der Waals surface area contributed by atoms with Crippen LogP contribution in [-0.2, 0) is 6.42 Å². The molecule has 0 saturated heterocycles. The first-order valence-electron chi connectivity index (χ1n) is 5.05. The molecule has 0 fully saturated rings. The molecule has 1 rings (SSSR count). The van der Waals surface area contributed by atoms with Crippen LogP contribution in [0.3, 0.4) is 0 Å². The molecule has 3 heteroatoms. The third kappa shape index (κ3) is 3.42. The summed E-state index contributed by atoms with van der Waals surface area (Å²) in [4.78, 5) is 14.9. The zero-order valence-electron chi connectivity index (χ0n) is 9.40. The van der Waals surface area contributed by atoms with E-state index in [-0.39, 0.29) is 5.83 Å². The Morgan fingerprint density at radius 3 is 2.88 bits per heavy atom. The van der Waals surface area contributed by atoms with Crippen molar-refractivity contribution >= 4 is 6.29 Å². The van der Waals surface area contributed by atoms with Crippen molar-refractivity contribution in [2.75, 3.05) is 0 Å². The first kappa shape index (κ1) is 12.3. The molecule has 0 spiro atoms. The van der Waals surface area contributed by atoms with Gasteiger partial charge < -0.3 is 0 Å². The van der Waals surface area contributed by atoms with Crippen LogP contribution < -0.4 is 0 Å². The molecule has 84 valence electrons. The highest BCUT2D eigenvalue weighted by molar-refractivity contribution is 5.76. The van der Waals surface area contributed by atoms with Crippen LogP contribution >= 0.6 is 0 Å². The largest absolute Gasteiger partial charge is 0.298 e. The Hall–Kier alpha value is -1.77. The number of carbonyl (C=O) groups is 1. The lowest BCUT2D eigenvalue weighted by Crippen LogP contribution is -1.98. The topological polar surface area (TPSA) is 30.0 Å². The number of allylic oxidation sites excluding steroid dienone is 4. The zero-order valence-corrected chi connectivity index (χ0v) is 9.40. The Bertz CT molecular complexity index is 431. The van der Waals surface area contributed by atoms with E-state index in [2.05, 4.69) is 4.98 Å². The van der Waals surface area contributed by atoms with Crippen molar-refractivity contribution in [2.45, 2.75) is 20.3 Å². The van der Waals surface area contributed by atoms with Crippen molar-refractivity contribution < 1.29 is 9.18 Å². The van der Waals surface area contributed by atoms with Gasteiger partial charge in [-0.25, -0.2) is 4.39 Å². The second-order valence-corrected chi connectivity index (χ2v) is 3.43. The van der Waals surface area contributed by atoms with E-state index in [1.54, 1.807) is 18.3 Å². The van der Waals surface area contributed by atoms with Gasteiger partial charge in [0, 0.05) is 18.2 Å². The lowest BCUT2D eigenvalue weighted by atomic mass is 10.1. The molecule has 0 N–H and O–H groups in total. The molecule has 0 amide bonds. The number of rotatable bonds is 4. The molecule has 1 aromatic rings. The van der Waals surface area contributed by atoms with Crippen LogP contribution in [0.15, 0.2) is 41.9 Å². The summed E-state index contributed by atoms with van der Waals surface area (Å²) in [6, 6.07) is 3.41. The fraction of sp³-hybridized carbons (Fsp3) is 0.231. The van der Waals surface area contributed by atoms with Gasteiger partial charge in [-0.1, -0.05) is 6.08 Å². The van der Waals surface area contributed by atoms with Gasteiger partial charge >= 0.3 is 0 Å². The van der Waals surface area contributed by atoms with Gasteiger partial charge in [0.2, 0.25) is 0 Å². The van der Waals surface area contributed by atoms with Gasteiger partial charge in [-0.15, -0.1) is 0 Å². The Morgan fingerprint density at radius 2 is 2.31 bits per heavy atom. The number of nitrogens with zero attached hydrogens (tertiary/aromatic N) is 1. The van der Waals surface area contributed by atoms with E-state index in [1.807, 2.05) is 13.0 Å². The number of hydrogen-bond donors (Lipinski definition) is 0. The molecule has 0 aliphatic heterocycles. The number of pyridine rings is 1. The molecule has 0 aromatic carbocycles. The van der Waals surface area contributed by atoms with E-state index < -0.39 is 0 Å². The number of aldehydes is 1. The number of carbonyl (C=O) groups excluding carboxylic acids is 1. The standard InChI is InChI=1S/C13H14FNO/c1-3-11(7-10(2)14)8-13-12(9-16)5-4-6-15-13/h3-7,9H,8H2,1-2H3/b10-7+,11-3+. The van der Waals surface area contributed by atoms with E-state index >= 15 is 0 Å². The predicted octanol–water partition coefficient (Wildman–Crippen LogP) is 3.26. The third-order valence-corrected chi connectivity index (χ3v) is 2.18. The van der Waals surface area contributed by atoms with Gasteiger partial charge in [0.15, 0.2) is 6.29 Å². The predicted molar refractivity (Wildman–Crippen MR) is 62.0 cm³/mol. The van der Waals surface area contributed by atoms with Gasteiger partial charge in [0.25, 0.3) is 0 Å². The summed E-state index contributed by atoms with van der Waals surface area (Å²) in [6.07, 6.45) is 6.12. The minimum atomic E-state index is -0.253. The molecule has 0 atom stereocenters. The first-order chi connectivity index (χ1) is 7.67. The number of hydrogen-bond acceptors (Lipinski definition) is 2. The molecule has 16 heavy (non-hydrogen) atoms. The molecule has 1 heterocycles. The summed E-state index contributed by atoms with van der Waals surface area (Å²) in [5, 5.41) is 0. The summed E-state index contributed by atoms with van der Waals surface area (Å²) >= 11 is 0. The first-order valence-corrected chi connectivity index (χ1v) is 5.05. The Labute approximate surface area is 94.5 Å². The molecule has 1 aromatic heterocycles. The third-order valence-electron chi connectivity index (χ3n) is 2.18. The van der Waals surface area contributed by atoms with E-state index in [9.17, 15) is 9.18 Å². The summed E-state index contributed by atoms with van der Waals surface area (Å²) < 4.78 is 12.8. The highest BCUT2D eigenvalue weighted by Crippen LogP contribution is 2.12. The quantitative estimate of drug-likeness (QED) is 0.574. The van der Waals surface area contributed by atoms with Crippen molar-refractivity contribution in [3.8, 4) is 0 Å². The molecule has 2 nitrogen and oxygen atoms in total. The van der Waals surface area contributed by atoms with E-state index in [4.69, 9.17) is 0 Å². The van der Waals surface area contributed by atoms with Crippen molar-refractivity contribution in [1.29, 1.82) is 0 Å². The second-order valence-electron chi connectivity index (χ2n) is 3.43. The maximum Gasteiger partial charge on any atom is 0.151 e. The monoisotopic (exact) mass is 219 g/mol. The SMILES string of the molecule is C/C=C(\C=C(/C)F)Cc1ncccc1C=O. The van der Waals surface area contributed by atoms with E-state index in [1.165, 1.54) is 13.0 Å². The molecule has 0 unspecified atom stereocenters. The van der Waals surface area contributed by atoms with Crippen LogP contribution in [0.25, 0.3) is 0 Å². The molecule has 0 aliphatic carbocycles. The lowest BCUT2D eigenvalue weighted by molar-refractivity contribution is 0.112. The normalized spacial score (nSPS) is 12.7. The molecule has 0 radical (unpaired) electrons. The van der Waals surface area contributed by atoms with Gasteiger partial charge in [0.05, 0.1) is 11.5 Å². The smallest absolute Gasteiger partial charge is 0.151 e. The Balaban J connectivity index is 2.95. The molecule has 0 saturated carbocycles. The Morgan fingerprint density at radius 1 is 1.56 bits per heavy atom. The second kappa shape index (κ2) is 5.95. The zero-order chi connectivity index (χ0) is 12.0. The maximum atomic E-state index is 12.8. The van der Waals surface area contributed by atoms with Crippen molar-refractivity contribution in [3.05, 3.63) is 53.1 Å². The van der Waals surface area contributed by atoms with E-state index in [0.717, 1.165) is 11.9 Å².